The molecule has 0 radical (unpaired) electrons. The molecule has 0 spiro atoms. The van der Waals surface area contributed by atoms with E-state index in [9.17, 15) is 9.59 Å². The van der Waals surface area contributed by atoms with E-state index in [1.807, 2.05) is 25.1 Å². The molecule has 1 saturated carbocycles. The molecule has 0 saturated heterocycles. The highest BCUT2D eigenvalue weighted by molar-refractivity contribution is 5.84. The van der Waals surface area contributed by atoms with Crippen LogP contribution in [-0.4, -0.2) is 37.4 Å². The summed E-state index contributed by atoms with van der Waals surface area (Å²) in [5.74, 6) is -0.119. The van der Waals surface area contributed by atoms with Gasteiger partial charge in [-0.05, 0) is 38.3 Å². The van der Waals surface area contributed by atoms with Crippen molar-refractivity contribution in [3.63, 3.8) is 0 Å². The second kappa shape index (κ2) is 9.15. The maximum Gasteiger partial charge on any atom is 0.411 e. The summed E-state index contributed by atoms with van der Waals surface area (Å²) in [5, 5.41) is 5.64. The minimum atomic E-state index is -0.456. The zero-order chi connectivity index (χ0) is 16.5. The van der Waals surface area contributed by atoms with E-state index in [0.29, 0.717) is 18.7 Å². The number of para-hydroxylation sites is 1. The van der Waals surface area contributed by atoms with Gasteiger partial charge in [0.05, 0.1) is 0 Å². The van der Waals surface area contributed by atoms with Crippen molar-refractivity contribution >= 4 is 17.7 Å². The number of hydrogen-bond donors (Lipinski definition) is 2. The van der Waals surface area contributed by atoms with Gasteiger partial charge in [-0.1, -0.05) is 18.2 Å². The molecule has 6 heteroatoms. The predicted octanol–water partition coefficient (Wildman–Crippen LogP) is 2.70. The van der Waals surface area contributed by atoms with Crippen molar-refractivity contribution in [2.24, 2.45) is 0 Å². The first-order valence-electron chi connectivity index (χ1n) is 8.07. The van der Waals surface area contributed by atoms with Crippen LogP contribution in [0.3, 0.4) is 0 Å². The Bertz CT molecular complexity index is 507. The van der Waals surface area contributed by atoms with Gasteiger partial charge in [-0.2, -0.15) is 0 Å². The van der Waals surface area contributed by atoms with Crippen LogP contribution in [0.4, 0.5) is 10.5 Å². The lowest BCUT2D eigenvalue weighted by Crippen LogP contribution is -2.42. The summed E-state index contributed by atoms with van der Waals surface area (Å²) in [5.41, 5.74) is 0.704. The van der Waals surface area contributed by atoms with Crippen molar-refractivity contribution in [3.8, 4) is 0 Å². The van der Waals surface area contributed by atoms with E-state index >= 15 is 0 Å². The van der Waals surface area contributed by atoms with E-state index in [-0.39, 0.29) is 24.7 Å². The molecule has 2 rings (SSSR count). The molecule has 0 unspecified atom stereocenters. The molecule has 0 aliphatic heterocycles. The average molecular weight is 320 g/mol. The number of nitrogens with one attached hydrogen (secondary N) is 2. The molecular formula is C17H24N2O4. The van der Waals surface area contributed by atoms with Crippen LogP contribution >= 0.6 is 0 Å². The summed E-state index contributed by atoms with van der Waals surface area (Å²) in [6.07, 6.45) is 2.65. The molecule has 0 bridgehead atoms. The Morgan fingerprint density at radius 2 is 2.00 bits per heavy atom. The van der Waals surface area contributed by atoms with Gasteiger partial charge in [-0.15, -0.1) is 0 Å². The van der Waals surface area contributed by atoms with Gasteiger partial charge in [0, 0.05) is 24.8 Å². The molecule has 0 heterocycles. The number of rotatable bonds is 6. The summed E-state index contributed by atoms with van der Waals surface area (Å²) < 4.78 is 10.5. The highest BCUT2D eigenvalue weighted by atomic mass is 16.6. The molecule has 1 aliphatic carbocycles. The fourth-order valence-corrected chi connectivity index (χ4v) is 2.67. The third-order valence-electron chi connectivity index (χ3n) is 3.72. The summed E-state index contributed by atoms with van der Waals surface area (Å²) in [6, 6.07) is 9.22. The smallest absolute Gasteiger partial charge is 0.411 e. The summed E-state index contributed by atoms with van der Waals surface area (Å²) in [6.45, 7) is 2.44. The Hall–Kier alpha value is -2.08. The van der Waals surface area contributed by atoms with Crippen LogP contribution in [0.2, 0.25) is 0 Å². The van der Waals surface area contributed by atoms with E-state index in [4.69, 9.17) is 9.47 Å². The Morgan fingerprint density at radius 1 is 1.22 bits per heavy atom. The highest BCUT2D eigenvalue weighted by Gasteiger charge is 2.26. The topological polar surface area (TPSA) is 76.7 Å². The Kier molecular flexibility index (Phi) is 6.87. The van der Waals surface area contributed by atoms with Gasteiger partial charge in [-0.25, -0.2) is 4.79 Å². The normalized spacial score (nSPS) is 20.6. The third kappa shape index (κ3) is 6.28. The Morgan fingerprint density at radius 3 is 2.74 bits per heavy atom. The lowest BCUT2D eigenvalue weighted by atomic mass is 9.93. The summed E-state index contributed by atoms with van der Waals surface area (Å²) >= 11 is 0. The largest absolute Gasteiger partial charge is 0.446 e. The van der Waals surface area contributed by atoms with Crippen LogP contribution in [0.5, 0.6) is 0 Å². The van der Waals surface area contributed by atoms with Crippen LogP contribution < -0.4 is 10.6 Å². The highest BCUT2D eigenvalue weighted by Crippen LogP contribution is 2.22. The molecule has 126 valence electrons. The molecule has 1 aromatic carbocycles. The van der Waals surface area contributed by atoms with E-state index in [2.05, 4.69) is 10.6 Å². The van der Waals surface area contributed by atoms with Gasteiger partial charge in [0.25, 0.3) is 0 Å². The van der Waals surface area contributed by atoms with Gasteiger partial charge in [-0.3, -0.25) is 10.1 Å². The number of ether oxygens (including phenoxy) is 2. The summed E-state index contributed by atoms with van der Waals surface area (Å²) in [4.78, 5) is 23.6. The van der Waals surface area contributed by atoms with Crippen LogP contribution in [-0.2, 0) is 14.3 Å². The van der Waals surface area contributed by atoms with Gasteiger partial charge in [0.15, 0.2) is 0 Å². The molecule has 1 aliphatic rings. The minimum absolute atomic E-state index is 0.0335. The molecule has 1 aromatic rings. The van der Waals surface area contributed by atoms with Crippen molar-refractivity contribution in [1.29, 1.82) is 0 Å². The Balaban J connectivity index is 1.75. The second-order valence-electron chi connectivity index (χ2n) is 5.59. The quantitative estimate of drug-likeness (QED) is 0.845. The molecule has 6 nitrogen and oxygen atoms in total. The number of benzene rings is 1. The average Bonchev–Trinajstić information content (AvgIpc) is 2.54. The van der Waals surface area contributed by atoms with Gasteiger partial charge in [0.2, 0.25) is 5.91 Å². The van der Waals surface area contributed by atoms with Gasteiger partial charge >= 0.3 is 6.09 Å². The van der Waals surface area contributed by atoms with Crippen LogP contribution in [0.15, 0.2) is 30.3 Å². The number of amides is 2. The Labute approximate surface area is 136 Å². The van der Waals surface area contributed by atoms with Crippen molar-refractivity contribution < 1.29 is 19.1 Å². The van der Waals surface area contributed by atoms with Crippen molar-refractivity contribution in [2.45, 2.75) is 44.8 Å². The molecule has 2 N–H and O–H groups in total. The molecule has 0 aromatic heterocycles. The van der Waals surface area contributed by atoms with Crippen molar-refractivity contribution in [3.05, 3.63) is 30.3 Å². The SMILES string of the molecule is CCOCC(=O)N[C@H]1CCC[C@H](OC(=O)Nc2ccccc2)C1. The lowest BCUT2D eigenvalue weighted by molar-refractivity contribution is -0.126. The fraction of sp³-hybridized carbons (Fsp3) is 0.529. The molecule has 23 heavy (non-hydrogen) atoms. The molecule has 1 fully saturated rings. The zero-order valence-electron chi connectivity index (χ0n) is 13.4. The minimum Gasteiger partial charge on any atom is -0.446 e. The second-order valence-corrected chi connectivity index (χ2v) is 5.59. The lowest BCUT2D eigenvalue weighted by Gasteiger charge is -2.29. The predicted molar refractivity (Wildman–Crippen MR) is 87.2 cm³/mol. The number of carbonyl (C=O) groups is 2. The monoisotopic (exact) mass is 320 g/mol. The van der Waals surface area contributed by atoms with E-state index in [1.165, 1.54) is 0 Å². The van der Waals surface area contributed by atoms with Gasteiger partial charge < -0.3 is 14.8 Å². The first-order chi connectivity index (χ1) is 11.2. The van der Waals surface area contributed by atoms with Crippen LogP contribution in [0.1, 0.15) is 32.6 Å². The summed E-state index contributed by atoms with van der Waals surface area (Å²) in [7, 11) is 0. The number of hydrogen-bond acceptors (Lipinski definition) is 4. The van der Waals surface area contributed by atoms with Crippen molar-refractivity contribution in [1.82, 2.24) is 5.32 Å². The first-order valence-corrected chi connectivity index (χ1v) is 8.07. The number of anilines is 1. The first kappa shape index (κ1) is 17.3. The maximum absolute atomic E-state index is 11.9. The fourth-order valence-electron chi connectivity index (χ4n) is 2.67. The molecule has 2 amide bonds. The van der Waals surface area contributed by atoms with E-state index in [0.717, 1.165) is 19.3 Å². The zero-order valence-corrected chi connectivity index (χ0v) is 13.4. The van der Waals surface area contributed by atoms with Gasteiger partial charge in [0.1, 0.15) is 12.7 Å². The molecular weight excluding hydrogens is 296 g/mol. The van der Waals surface area contributed by atoms with E-state index in [1.54, 1.807) is 12.1 Å². The standard InChI is InChI=1S/C17H24N2O4/c1-2-22-12-16(20)18-14-9-6-10-15(11-14)23-17(21)19-13-7-4-3-5-8-13/h3-5,7-8,14-15H,2,6,9-12H2,1H3,(H,18,20)(H,19,21)/t14-,15-/m0/s1. The third-order valence-corrected chi connectivity index (χ3v) is 3.72. The number of carbonyl (C=O) groups excluding carboxylic acids is 2. The van der Waals surface area contributed by atoms with E-state index < -0.39 is 6.09 Å². The maximum atomic E-state index is 11.9. The van der Waals surface area contributed by atoms with Crippen molar-refractivity contribution in [2.75, 3.05) is 18.5 Å². The van der Waals surface area contributed by atoms with Crippen LogP contribution in [0, 0.1) is 0 Å². The van der Waals surface area contributed by atoms with Crippen LogP contribution in [0.25, 0.3) is 0 Å². The molecule has 2 atom stereocenters.